The summed E-state index contributed by atoms with van der Waals surface area (Å²) >= 11 is 1.67. The first-order valence-corrected chi connectivity index (χ1v) is 13.6. The Hall–Kier alpha value is -1.53. The van der Waals surface area contributed by atoms with Crippen molar-refractivity contribution in [3.8, 4) is 0 Å². The van der Waals surface area contributed by atoms with Crippen LogP contribution < -0.4 is 5.43 Å². The topological polar surface area (TPSA) is 45.5 Å². The number of hydrogen-bond acceptors (Lipinski definition) is 5. The van der Waals surface area contributed by atoms with Crippen molar-refractivity contribution in [3.63, 3.8) is 0 Å². The highest BCUT2D eigenvalue weighted by atomic mass is 32.2. The second-order valence-corrected chi connectivity index (χ2v) is 9.05. The Morgan fingerprint density at radius 2 is 1.81 bits per heavy atom. The van der Waals surface area contributed by atoms with Gasteiger partial charge in [0.2, 0.25) is 0 Å². The van der Waals surface area contributed by atoms with E-state index in [1.54, 1.807) is 11.8 Å². The lowest BCUT2D eigenvalue weighted by molar-refractivity contribution is 0.366. The fraction of sp³-hybridized carbons (Fsp3) is 0.692. The molecule has 0 aromatic carbocycles. The summed E-state index contributed by atoms with van der Waals surface area (Å²) in [5, 5.41) is 2.96. The molecule has 0 fully saturated rings. The van der Waals surface area contributed by atoms with E-state index in [-0.39, 0.29) is 0 Å². The van der Waals surface area contributed by atoms with Crippen molar-refractivity contribution in [1.29, 1.82) is 0 Å². The highest BCUT2D eigenvalue weighted by Gasteiger charge is 2.15. The Balaban J connectivity index is 0.00000144. The fourth-order valence-corrected chi connectivity index (χ4v) is 3.74. The van der Waals surface area contributed by atoms with Gasteiger partial charge in [0.05, 0.1) is 17.6 Å². The molecule has 6 heteroatoms. The van der Waals surface area contributed by atoms with Crippen LogP contribution in [0.25, 0.3) is 11.2 Å². The van der Waals surface area contributed by atoms with Crippen LogP contribution in [0.3, 0.4) is 0 Å². The van der Waals surface area contributed by atoms with Gasteiger partial charge in [-0.15, -0.1) is 11.8 Å². The molecule has 184 valence electrons. The molecule has 0 spiro atoms. The maximum absolute atomic E-state index is 4.90. The van der Waals surface area contributed by atoms with E-state index in [4.69, 9.17) is 4.98 Å². The maximum atomic E-state index is 4.90. The van der Waals surface area contributed by atoms with E-state index < -0.39 is 0 Å². The number of unbranched alkanes of at least 4 members (excludes halogenated alkanes) is 1. The average molecular weight is 464 g/mol. The Labute approximate surface area is 202 Å². The van der Waals surface area contributed by atoms with Crippen LogP contribution in [0.15, 0.2) is 23.6 Å². The quantitative estimate of drug-likeness (QED) is 0.292. The number of allylic oxidation sites excluding steroid dienone is 1. The van der Waals surface area contributed by atoms with Crippen LogP contribution in [0.2, 0.25) is 0 Å². The molecule has 2 heterocycles. The molecule has 0 aliphatic rings. The highest BCUT2D eigenvalue weighted by molar-refractivity contribution is 7.98. The lowest BCUT2D eigenvalue weighted by Gasteiger charge is -2.16. The standard InChI is InChI=1S/C20H33N5S.2C3H8/c1-7-9-10-16(8-2)11-17-14-25-18(15(3)13-24(5)21-4)12-22-19(25)20(23-17)26-6;2*1-3-2/h12-14,16,21H,7-11H2,1-6H3;2*3H2,1-2H3/b15-13+;;. The zero-order valence-electron chi connectivity index (χ0n) is 22.5. The molecule has 2 aromatic heterocycles. The van der Waals surface area contributed by atoms with Gasteiger partial charge < -0.3 is 5.01 Å². The summed E-state index contributed by atoms with van der Waals surface area (Å²) in [5.74, 6) is 0.702. The van der Waals surface area contributed by atoms with E-state index in [2.05, 4.69) is 81.9 Å². The summed E-state index contributed by atoms with van der Waals surface area (Å²) in [6.45, 7) is 15.2. The van der Waals surface area contributed by atoms with Crippen molar-refractivity contribution in [3.05, 3.63) is 30.0 Å². The van der Waals surface area contributed by atoms with Crippen LogP contribution in [-0.4, -0.2) is 39.7 Å². The third-order valence-corrected chi connectivity index (χ3v) is 5.55. The van der Waals surface area contributed by atoms with Gasteiger partial charge in [0.15, 0.2) is 5.65 Å². The van der Waals surface area contributed by atoms with Crippen LogP contribution in [0.1, 0.15) is 98.4 Å². The number of fused-ring (bicyclic) bond motifs is 1. The zero-order valence-corrected chi connectivity index (χ0v) is 23.3. The van der Waals surface area contributed by atoms with Gasteiger partial charge in [-0.05, 0) is 31.1 Å². The van der Waals surface area contributed by atoms with E-state index in [1.165, 1.54) is 44.2 Å². The minimum atomic E-state index is 0.702. The van der Waals surface area contributed by atoms with Gasteiger partial charge in [0.1, 0.15) is 5.03 Å². The van der Waals surface area contributed by atoms with E-state index in [1.807, 2.05) is 25.3 Å². The largest absolute Gasteiger partial charge is 0.319 e. The Bertz CT molecular complexity index is 767. The molecule has 5 nitrogen and oxygen atoms in total. The summed E-state index contributed by atoms with van der Waals surface area (Å²) < 4.78 is 2.20. The number of hydrazine groups is 1. The summed E-state index contributed by atoms with van der Waals surface area (Å²) in [5.41, 5.74) is 7.49. The number of nitrogens with one attached hydrogen (secondary N) is 1. The first kappa shape index (κ1) is 30.5. The predicted octanol–water partition coefficient (Wildman–Crippen LogP) is 7.47. The molecule has 0 aliphatic heterocycles. The summed E-state index contributed by atoms with van der Waals surface area (Å²) in [6.07, 6.45) is 16.9. The van der Waals surface area contributed by atoms with Crippen molar-refractivity contribution in [2.75, 3.05) is 20.4 Å². The van der Waals surface area contributed by atoms with Crippen molar-refractivity contribution < 1.29 is 0 Å². The molecule has 32 heavy (non-hydrogen) atoms. The molecule has 1 atom stereocenters. The first-order valence-electron chi connectivity index (χ1n) is 12.4. The molecule has 1 unspecified atom stereocenters. The normalized spacial score (nSPS) is 12.0. The minimum absolute atomic E-state index is 0.702. The summed E-state index contributed by atoms with van der Waals surface area (Å²) in [4.78, 5) is 9.54. The number of thioether (sulfide) groups is 1. The monoisotopic (exact) mass is 463 g/mol. The van der Waals surface area contributed by atoms with Crippen molar-refractivity contribution >= 4 is 23.0 Å². The molecule has 0 saturated heterocycles. The van der Waals surface area contributed by atoms with Crippen LogP contribution in [0.5, 0.6) is 0 Å². The summed E-state index contributed by atoms with van der Waals surface area (Å²) in [7, 11) is 3.90. The van der Waals surface area contributed by atoms with Crippen LogP contribution in [0, 0.1) is 5.92 Å². The van der Waals surface area contributed by atoms with E-state index in [9.17, 15) is 0 Å². The minimum Gasteiger partial charge on any atom is -0.319 e. The van der Waals surface area contributed by atoms with E-state index in [0.29, 0.717) is 5.92 Å². The molecule has 0 saturated carbocycles. The smallest absolute Gasteiger partial charge is 0.170 e. The van der Waals surface area contributed by atoms with Gasteiger partial charge in [-0.1, -0.05) is 80.1 Å². The van der Waals surface area contributed by atoms with Crippen LogP contribution in [-0.2, 0) is 6.42 Å². The molecule has 0 radical (unpaired) electrons. The first-order chi connectivity index (χ1) is 15.4. The number of nitrogens with zero attached hydrogens (tertiary/aromatic N) is 4. The van der Waals surface area contributed by atoms with Crippen LogP contribution in [0.4, 0.5) is 0 Å². The predicted molar refractivity (Wildman–Crippen MR) is 144 cm³/mol. The zero-order chi connectivity index (χ0) is 24.5. The summed E-state index contributed by atoms with van der Waals surface area (Å²) in [6, 6.07) is 0. The molecule has 0 amide bonds. The van der Waals surface area contributed by atoms with Gasteiger partial charge in [0.25, 0.3) is 0 Å². The van der Waals surface area contributed by atoms with Gasteiger partial charge in [-0.2, -0.15) is 0 Å². The second kappa shape index (κ2) is 18.0. The molecule has 0 aliphatic carbocycles. The van der Waals surface area contributed by atoms with Crippen molar-refractivity contribution in [2.24, 2.45) is 5.92 Å². The Morgan fingerprint density at radius 1 is 1.19 bits per heavy atom. The third-order valence-electron chi connectivity index (χ3n) is 4.89. The molecule has 2 rings (SSSR count). The molecule has 0 bridgehead atoms. The molecule has 1 N–H and O–H groups in total. The van der Waals surface area contributed by atoms with Crippen LogP contribution >= 0.6 is 11.8 Å². The molecule has 2 aromatic rings. The van der Waals surface area contributed by atoms with Gasteiger partial charge >= 0.3 is 0 Å². The van der Waals surface area contributed by atoms with Crippen molar-refractivity contribution in [2.45, 2.75) is 98.4 Å². The lowest BCUT2D eigenvalue weighted by Crippen LogP contribution is -2.25. The Morgan fingerprint density at radius 3 is 2.31 bits per heavy atom. The second-order valence-electron chi connectivity index (χ2n) is 8.26. The number of aromatic nitrogens is 3. The number of hydrogen-bond donors (Lipinski definition) is 1. The number of rotatable bonds is 10. The average Bonchev–Trinajstić information content (AvgIpc) is 3.21. The highest BCUT2D eigenvalue weighted by Crippen LogP contribution is 2.25. The maximum Gasteiger partial charge on any atom is 0.170 e. The third kappa shape index (κ3) is 10.4. The van der Waals surface area contributed by atoms with Crippen molar-refractivity contribution in [1.82, 2.24) is 24.8 Å². The van der Waals surface area contributed by atoms with Gasteiger partial charge in [-0.25, -0.2) is 15.4 Å². The molecular weight excluding hydrogens is 414 g/mol. The van der Waals surface area contributed by atoms with E-state index >= 15 is 0 Å². The SMILES string of the molecule is CCC.CCC.CCCCC(CC)Cc1cn2c(/C(C)=C/N(C)NC)cnc2c(SC)n1. The van der Waals surface area contributed by atoms with Gasteiger partial charge in [0, 0.05) is 26.5 Å². The number of imidazole rings is 1. The lowest BCUT2D eigenvalue weighted by atomic mass is 9.94. The van der Waals surface area contributed by atoms with Gasteiger partial charge in [-0.3, -0.25) is 4.40 Å². The molecular formula is C26H49N5S. The fourth-order valence-electron chi connectivity index (χ4n) is 3.20. The van der Waals surface area contributed by atoms with E-state index in [0.717, 1.165) is 28.4 Å². The Kier molecular flexibility index (Phi) is 17.1.